The highest BCUT2D eigenvalue weighted by atomic mass is 35.5. The van der Waals surface area contributed by atoms with Crippen LogP contribution in [0.4, 0.5) is 4.39 Å². The summed E-state index contributed by atoms with van der Waals surface area (Å²) in [7, 11) is 0. The van der Waals surface area contributed by atoms with Gasteiger partial charge in [0.05, 0.1) is 11.6 Å². The minimum Gasteiger partial charge on any atom is -0.493 e. The molecule has 0 fully saturated rings. The van der Waals surface area contributed by atoms with Crippen LogP contribution in [0.25, 0.3) is 0 Å². The van der Waals surface area contributed by atoms with Gasteiger partial charge >= 0.3 is 0 Å². The highest BCUT2D eigenvalue weighted by Crippen LogP contribution is 2.20. The lowest BCUT2D eigenvalue weighted by Crippen LogP contribution is -2.22. The second-order valence-electron chi connectivity index (χ2n) is 4.38. The lowest BCUT2D eigenvalue weighted by molar-refractivity contribution is 0.306. The summed E-state index contributed by atoms with van der Waals surface area (Å²) in [5.41, 5.74) is 0. The molecule has 0 heterocycles. The Hall–Kier alpha value is -0.800. The average molecular weight is 260 g/mol. The monoisotopic (exact) mass is 259 g/mol. The number of halogens is 2. The summed E-state index contributed by atoms with van der Waals surface area (Å²) >= 11 is 5.64. The van der Waals surface area contributed by atoms with Gasteiger partial charge in [0.2, 0.25) is 0 Å². The fourth-order valence-electron chi connectivity index (χ4n) is 1.34. The van der Waals surface area contributed by atoms with Gasteiger partial charge in [-0.25, -0.2) is 4.39 Å². The largest absolute Gasteiger partial charge is 0.493 e. The van der Waals surface area contributed by atoms with Crippen LogP contribution in [0.1, 0.15) is 20.3 Å². The highest BCUT2D eigenvalue weighted by Gasteiger charge is 2.01. The average Bonchev–Trinajstić information content (AvgIpc) is 2.27. The molecule has 0 aromatic heterocycles. The normalized spacial score (nSPS) is 10.9. The van der Waals surface area contributed by atoms with E-state index >= 15 is 0 Å². The fourth-order valence-corrected chi connectivity index (χ4v) is 1.52. The van der Waals surface area contributed by atoms with Crippen LogP contribution in [0, 0.1) is 11.7 Å². The first-order valence-corrected chi connectivity index (χ1v) is 6.26. The van der Waals surface area contributed by atoms with Crippen LogP contribution >= 0.6 is 11.6 Å². The van der Waals surface area contributed by atoms with Gasteiger partial charge < -0.3 is 10.1 Å². The van der Waals surface area contributed by atoms with Crippen LogP contribution in [0.3, 0.4) is 0 Å². The predicted octanol–water partition coefficient (Wildman–Crippen LogP) is 3.49. The van der Waals surface area contributed by atoms with E-state index in [9.17, 15) is 4.39 Å². The standard InChI is InChI=1S/C13H19ClFNO/c1-10(2)9-16-6-3-7-17-11-4-5-13(15)12(14)8-11/h4-5,8,10,16H,3,6-7,9H2,1-2H3. The third-order valence-electron chi connectivity index (χ3n) is 2.21. The fraction of sp³-hybridized carbons (Fsp3) is 0.538. The summed E-state index contributed by atoms with van der Waals surface area (Å²) in [5, 5.41) is 3.42. The van der Waals surface area contributed by atoms with Crippen molar-refractivity contribution in [2.24, 2.45) is 5.92 Å². The summed E-state index contributed by atoms with van der Waals surface area (Å²) in [5.74, 6) is 0.852. The Bertz CT molecular complexity index is 344. The quantitative estimate of drug-likeness (QED) is 0.757. The summed E-state index contributed by atoms with van der Waals surface area (Å²) < 4.78 is 18.3. The maximum atomic E-state index is 12.9. The number of hydrogen-bond donors (Lipinski definition) is 1. The number of hydrogen-bond acceptors (Lipinski definition) is 2. The van der Waals surface area contributed by atoms with E-state index in [4.69, 9.17) is 16.3 Å². The maximum Gasteiger partial charge on any atom is 0.142 e. The molecule has 0 spiro atoms. The molecule has 0 atom stereocenters. The molecule has 96 valence electrons. The van der Waals surface area contributed by atoms with Gasteiger partial charge in [-0.15, -0.1) is 0 Å². The number of rotatable bonds is 7. The van der Waals surface area contributed by atoms with Crippen LogP contribution < -0.4 is 10.1 Å². The third kappa shape index (κ3) is 5.89. The van der Waals surface area contributed by atoms with Gasteiger partial charge in [0, 0.05) is 6.07 Å². The summed E-state index contributed by atoms with van der Waals surface area (Å²) in [6.45, 7) is 6.89. The molecule has 0 saturated heterocycles. The van der Waals surface area contributed by atoms with Crippen molar-refractivity contribution in [1.29, 1.82) is 0 Å². The first kappa shape index (κ1) is 14.3. The van der Waals surface area contributed by atoms with Crippen LogP contribution in [0.15, 0.2) is 18.2 Å². The Labute approximate surface area is 107 Å². The molecule has 17 heavy (non-hydrogen) atoms. The lowest BCUT2D eigenvalue weighted by Gasteiger charge is -2.09. The van der Waals surface area contributed by atoms with Crippen LogP contribution in [0.5, 0.6) is 5.75 Å². The van der Waals surface area contributed by atoms with Gasteiger partial charge in [0.15, 0.2) is 0 Å². The van der Waals surface area contributed by atoms with Gasteiger partial charge in [-0.2, -0.15) is 0 Å². The molecule has 4 heteroatoms. The van der Waals surface area contributed by atoms with Gasteiger partial charge in [-0.3, -0.25) is 0 Å². The Morgan fingerprint density at radius 1 is 1.41 bits per heavy atom. The van der Waals surface area contributed by atoms with Gasteiger partial charge in [-0.05, 0) is 37.6 Å². The van der Waals surface area contributed by atoms with Crippen LogP contribution in [0.2, 0.25) is 5.02 Å². The lowest BCUT2D eigenvalue weighted by atomic mass is 10.2. The Morgan fingerprint density at radius 3 is 2.82 bits per heavy atom. The smallest absolute Gasteiger partial charge is 0.142 e. The zero-order valence-corrected chi connectivity index (χ0v) is 11.1. The van der Waals surface area contributed by atoms with E-state index in [0.29, 0.717) is 18.3 Å². The zero-order chi connectivity index (χ0) is 12.7. The van der Waals surface area contributed by atoms with Crippen molar-refractivity contribution in [3.8, 4) is 5.75 Å². The molecular weight excluding hydrogens is 241 g/mol. The second-order valence-corrected chi connectivity index (χ2v) is 4.78. The molecule has 1 rings (SSSR count). The minimum absolute atomic E-state index is 0.0976. The Balaban J connectivity index is 2.16. The molecule has 1 aromatic carbocycles. The highest BCUT2D eigenvalue weighted by molar-refractivity contribution is 6.30. The number of nitrogens with one attached hydrogen (secondary N) is 1. The predicted molar refractivity (Wildman–Crippen MR) is 69.2 cm³/mol. The molecule has 1 aromatic rings. The van der Waals surface area contributed by atoms with Crippen molar-refractivity contribution in [3.05, 3.63) is 29.0 Å². The summed E-state index contributed by atoms with van der Waals surface area (Å²) in [4.78, 5) is 0. The van der Waals surface area contributed by atoms with Crippen molar-refractivity contribution in [1.82, 2.24) is 5.32 Å². The molecule has 0 aliphatic rings. The van der Waals surface area contributed by atoms with Crippen LogP contribution in [-0.2, 0) is 0 Å². The van der Waals surface area contributed by atoms with Crippen molar-refractivity contribution in [2.75, 3.05) is 19.7 Å². The van der Waals surface area contributed by atoms with E-state index in [1.807, 2.05) is 0 Å². The van der Waals surface area contributed by atoms with E-state index in [0.717, 1.165) is 19.5 Å². The van der Waals surface area contributed by atoms with Crippen LogP contribution in [-0.4, -0.2) is 19.7 Å². The van der Waals surface area contributed by atoms with Gasteiger partial charge in [0.25, 0.3) is 0 Å². The Morgan fingerprint density at radius 2 is 2.18 bits per heavy atom. The number of benzene rings is 1. The van der Waals surface area contributed by atoms with E-state index < -0.39 is 5.82 Å². The van der Waals surface area contributed by atoms with Crippen molar-refractivity contribution in [2.45, 2.75) is 20.3 Å². The van der Waals surface area contributed by atoms with E-state index in [1.165, 1.54) is 12.1 Å². The Kier molecular flexibility index (Phi) is 6.30. The van der Waals surface area contributed by atoms with Crippen molar-refractivity contribution >= 4 is 11.6 Å². The maximum absolute atomic E-state index is 12.9. The minimum atomic E-state index is -0.419. The molecule has 2 nitrogen and oxygen atoms in total. The van der Waals surface area contributed by atoms with E-state index in [1.54, 1.807) is 6.07 Å². The zero-order valence-electron chi connectivity index (χ0n) is 10.3. The molecule has 0 bridgehead atoms. The molecule has 0 radical (unpaired) electrons. The van der Waals surface area contributed by atoms with E-state index in [-0.39, 0.29) is 5.02 Å². The van der Waals surface area contributed by atoms with Gasteiger partial charge in [-0.1, -0.05) is 25.4 Å². The second kappa shape index (κ2) is 7.51. The molecule has 0 amide bonds. The number of ether oxygens (including phenoxy) is 1. The third-order valence-corrected chi connectivity index (χ3v) is 2.50. The molecule has 0 unspecified atom stereocenters. The molecule has 0 aliphatic carbocycles. The summed E-state index contributed by atoms with van der Waals surface area (Å²) in [6, 6.07) is 4.40. The summed E-state index contributed by atoms with van der Waals surface area (Å²) in [6.07, 6.45) is 0.918. The van der Waals surface area contributed by atoms with Crippen molar-refractivity contribution < 1.29 is 9.13 Å². The van der Waals surface area contributed by atoms with Gasteiger partial charge in [0.1, 0.15) is 11.6 Å². The van der Waals surface area contributed by atoms with Crippen molar-refractivity contribution in [3.63, 3.8) is 0 Å². The molecule has 0 aliphatic heterocycles. The molecule has 0 saturated carbocycles. The topological polar surface area (TPSA) is 21.3 Å². The first-order valence-electron chi connectivity index (χ1n) is 5.88. The van der Waals surface area contributed by atoms with E-state index in [2.05, 4.69) is 19.2 Å². The molecule has 1 N–H and O–H groups in total. The first-order chi connectivity index (χ1) is 8.09. The SMILES string of the molecule is CC(C)CNCCCOc1ccc(F)c(Cl)c1. The molecular formula is C13H19ClFNO.